The maximum absolute atomic E-state index is 12.2. The highest BCUT2D eigenvalue weighted by molar-refractivity contribution is 6.04. The van der Waals surface area contributed by atoms with Crippen LogP contribution in [0.3, 0.4) is 0 Å². The van der Waals surface area contributed by atoms with Gasteiger partial charge in [-0.2, -0.15) is 0 Å². The molecule has 136 valence electrons. The Labute approximate surface area is 147 Å². The Morgan fingerprint density at radius 2 is 2.08 bits per heavy atom. The lowest BCUT2D eigenvalue weighted by Gasteiger charge is -2.26. The van der Waals surface area contributed by atoms with Gasteiger partial charge in [0.1, 0.15) is 5.75 Å². The van der Waals surface area contributed by atoms with Crippen molar-refractivity contribution in [2.75, 3.05) is 46.5 Å². The molecule has 2 heterocycles. The monoisotopic (exact) mass is 347 g/mol. The Kier molecular flexibility index (Phi) is 6.25. The molecule has 7 nitrogen and oxygen atoms in total. The quantitative estimate of drug-likeness (QED) is 0.746. The molecule has 0 unspecified atom stereocenters. The largest absolute Gasteiger partial charge is 0.497 e. The number of nitrogens with one attached hydrogen (secondary N) is 1. The van der Waals surface area contributed by atoms with Gasteiger partial charge in [-0.25, -0.2) is 0 Å². The number of hydrogen-bond acceptors (Lipinski definition) is 6. The first-order chi connectivity index (χ1) is 12.3. The van der Waals surface area contributed by atoms with Crippen LogP contribution in [-0.2, 0) is 14.4 Å². The maximum atomic E-state index is 12.2. The summed E-state index contributed by atoms with van der Waals surface area (Å²) < 4.78 is 10.5. The zero-order valence-corrected chi connectivity index (χ0v) is 14.6. The fraction of sp³-hybridized carbons (Fsp3) is 0.556. The molecule has 0 radical (unpaired) electrons. The van der Waals surface area contributed by atoms with E-state index < -0.39 is 6.10 Å². The summed E-state index contributed by atoms with van der Waals surface area (Å²) in [4.78, 5) is 19.9. The highest BCUT2D eigenvalue weighted by atomic mass is 16.6. The summed E-state index contributed by atoms with van der Waals surface area (Å²) in [7, 11) is 1.63. The Balaban J connectivity index is 1.37. The van der Waals surface area contributed by atoms with E-state index in [9.17, 15) is 4.79 Å². The molecular weight excluding hydrogens is 322 g/mol. The van der Waals surface area contributed by atoms with E-state index in [0.29, 0.717) is 13.0 Å². The van der Waals surface area contributed by atoms with Crippen LogP contribution in [0, 0.1) is 0 Å². The van der Waals surface area contributed by atoms with Crippen molar-refractivity contribution in [2.24, 2.45) is 5.16 Å². The van der Waals surface area contributed by atoms with Gasteiger partial charge in [-0.3, -0.25) is 9.69 Å². The van der Waals surface area contributed by atoms with Crippen LogP contribution in [0.1, 0.15) is 18.4 Å². The third-order valence-electron chi connectivity index (χ3n) is 4.44. The van der Waals surface area contributed by atoms with Crippen molar-refractivity contribution < 1.29 is 19.1 Å². The Morgan fingerprint density at radius 1 is 1.32 bits per heavy atom. The van der Waals surface area contributed by atoms with Crippen LogP contribution >= 0.6 is 0 Å². The van der Waals surface area contributed by atoms with Gasteiger partial charge in [-0.05, 0) is 42.8 Å². The summed E-state index contributed by atoms with van der Waals surface area (Å²) in [5.74, 6) is 0.687. The number of oxime groups is 1. The van der Waals surface area contributed by atoms with Gasteiger partial charge in [-0.1, -0.05) is 5.16 Å². The first-order valence-electron chi connectivity index (χ1n) is 8.71. The molecule has 2 aliphatic heterocycles. The van der Waals surface area contributed by atoms with E-state index in [4.69, 9.17) is 14.3 Å². The predicted molar refractivity (Wildman–Crippen MR) is 93.9 cm³/mol. The Bertz CT molecular complexity index is 597. The topological polar surface area (TPSA) is 72.4 Å². The van der Waals surface area contributed by atoms with Crippen LogP contribution in [0.5, 0.6) is 5.75 Å². The van der Waals surface area contributed by atoms with Crippen LogP contribution in [0.15, 0.2) is 29.4 Å². The lowest BCUT2D eigenvalue weighted by molar-refractivity contribution is -0.131. The molecular formula is C18H25N3O4. The first kappa shape index (κ1) is 17.7. The molecule has 0 bridgehead atoms. The molecule has 25 heavy (non-hydrogen) atoms. The van der Waals surface area contributed by atoms with Gasteiger partial charge < -0.3 is 19.6 Å². The zero-order valence-electron chi connectivity index (χ0n) is 14.6. The molecule has 1 N–H and O–H groups in total. The number of carbonyl (C=O) groups excluding carboxylic acids is 1. The number of rotatable bonds is 7. The van der Waals surface area contributed by atoms with Crippen LogP contribution in [-0.4, -0.2) is 69.1 Å². The first-order valence-corrected chi connectivity index (χ1v) is 8.71. The molecule has 1 saturated heterocycles. The van der Waals surface area contributed by atoms with Gasteiger partial charge in [0.2, 0.25) is 6.10 Å². The number of amides is 1. The minimum absolute atomic E-state index is 0.103. The van der Waals surface area contributed by atoms with E-state index in [-0.39, 0.29) is 5.91 Å². The van der Waals surface area contributed by atoms with E-state index >= 15 is 0 Å². The van der Waals surface area contributed by atoms with E-state index in [2.05, 4.69) is 15.4 Å². The number of benzene rings is 1. The number of morpholine rings is 1. The molecule has 0 aliphatic carbocycles. The van der Waals surface area contributed by atoms with E-state index in [0.717, 1.165) is 56.3 Å². The Morgan fingerprint density at radius 3 is 2.80 bits per heavy atom. The fourth-order valence-corrected chi connectivity index (χ4v) is 2.92. The van der Waals surface area contributed by atoms with Gasteiger partial charge in [0.15, 0.2) is 0 Å². The number of carbonyl (C=O) groups is 1. The average Bonchev–Trinajstić information content (AvgIpc) is 3.16. The number of nitrogens with zero attached hydrogens (tertiary/aromatic N) is 2. The summed E-state index contributed by atoms with van der Waals surface area (Å²) in [6.45, 7) is 5.16. The number of hydrogen-bond donors (Lipinski definition) is 1. The van der Waals surface area contributed by atoms with Crippen molar-refractivity contribution in [3.63, 3.8) is 0 Å². The van der Waals surface area contributed by atoms with Crippen LogP contribution in [0.4, 0.5) is 0 Å². The van der Waals surface area contributed by atoms with Gasteiger partial charge in [0.25, 0.3) is 5.91 Å². The summed E-state index contributed by atoms with van der Waals surface area (Å²) in [6.07, 6.45) is 0.868. The second kappa shape index (κ2) is 8.82. The lowest BCUT2D eigenvalue weighted by atomic mass is 10.0. The second-order valence-corrected chi connectivity index (χ2v) is 6.16. The van der Waals surface area contributed by atoms with Crippen molar-refractivity contribution in [3.05, 3.63) is 29.8 Å². The smallest absolute Gasteiger partial charge is 0.264 e. The molecule has 1 fully saturated rings. The third-order valence-corrected chi connectivity index (χ3v) is 4.44. The highest BCUT2D eigenvalue weighted by Gasteiger charge is 2.28. The van der Waals surface area contributed by atoms with Gasteiger partial charge in [-0.15, -0.1) is 0 Å². The van der Waals surface area contributed by atoms with E-state index in [1.54, 1.807) is 7.11 Å². The number of ether oxygens (including phenoxy) is 2. The summed E-state index contributed by atoms with van der Waals surface area (Å²) in [5.41, 5.74) is 1.74. The molecule has 0 aromatic heterocycles. The third kappa shape index (κ3) is 4.93. The lowest BCUT2D eigenvalue weighted by Crippen LogP contribution is -2.39. The van der Waals surface area contributed by atoms with Crippen molar-refractivity contribution >= 4 is 11.6 Å². The van der Waals surface area contributed by atoms with Gasteiger partial charge >= 0.3 is 0 Å². The summed E-state index contributed by atoms with van der Waals surface area (Å²) >= 11 is 0. The maximum Gasteiger partial charge on any atom is 0.264 e. The van der Waals surface area contributed by atoms with Crippen LogP contribution in [0.2, 0.25) is 0 Å². The summed E-state index contributed by atoms with van der Waals surface area (Å²) in [6, 6.07) is 7.58. The predicted octanol–water partition coefficient (Wildman–Crippen LogP) is 1.03. The summed E-state index contributed by atoms with van der Waals surface area (Å²) in [5, 5.41) is 7.00. The molecule has 1 aromatic carbocycles. The van der Waals surface area contributed by atoms with Gasteiger partial charge in [0.05, 0.1) is 26.0 Å². The minimum atomic E-state index is -0.541. The van der Waals surface area contributed by atoms with Crippen molar-refractivity contribution in [3.8, 4) is 5.75 Å². The highest BCUT2D eigenvalue weighted by Crippen LogP contribution is 2.19. The molecule has 1 amide bonds. The number of methoxy groups -OCH3 is 1. The molecule has 7 heteroatoms. The average molecular weight is 347 g/mol. The molecule has 2 aliphatic rings. The van der Waals surface area contributed by atoms with Crippen molar-refractivity contribution in [1.82, 2.24) is 10.2 Å². The minimum Gasteiger partial charge on any atom is -0.497 e. The van der Waals surface area contributed by atoms with Crippen LogP contribution < -0.4 is 10.1 Å². The SMILES string of the molecule is COc1ccc(C2=NO[C@H](C(=O)NCCCN3CCOCC3)C2)cc1. The van der Waals surface area contributed by atoms with Crippen LogP contribution in [0.25, 0.3) is 0 Å². The van der Waals surface area contributed by atoms with Crippen molar-refractivity contribution in [2.45, 2.75) is 18.9 Å². The zero-order chi connectivity index (χ0) is 17.5. The van der Waals surface area contributed by atoms with Gasteiger partial charge in [0, 0.05) is 26.1 Å². The van der Waals surface area contributed by atoms with Crippen molar-refractivity contribution in [1.29, 1.82) is 0 Å². The standard InChI is InChI=1S/C18H25N3O4/c1-23-15-5-3-14(4-6-15)16-13-17(25-20-16)18(22)19-7-2-8-21-9-11-24-12-10-21/h3-6,17H,2,7-13H2,1H3,(H,19,22)/t17-/m0/s1. The fourth-order valence-electron chi connectivity index (χ4n) is 2.92. The van der Waals surface area contributed by atoms with E-state index in [1.165, 1.54) is 0 Å². The molecule has 1 atom stereocenters. The Hall–Kier alpha value is -2.12. The normalized spacial score (nSPS) is 20.7. The van der Waals surface area contributed by atoms with E-state index in [1.807, 2.05) is 24.3 Å². The molecule has 3 rings (SSSR count). The molecule has 1 aromatic rings. The second-order valence-electron chi connectivity index (χ2n) is 6.16. The molecule has 0 spiro atoms. The molecule has 0 saturated carbocycles.